The second-order valence-corrected chi connectivity index (χ2v) is 14.3. The van der Waals surface area contributed by atoms with E-state index in [1.165, 1.54) is 21.2 Å². The summed E-state index contributed by atoms with van der Waals surface area (Å²) in [6.07, 6.45) is 0. The summed E-state index contributed by atoms with van der Waals surface area (Å²) in [5.41, 5.74) is 0.950. The Labute approximate surface area is 215 Å². The number of hydrogen-bond acceptors (Lipinski definition) is 2. The van der Waals surface area contributed by atoms with E-state index < -0.39 is 15.0 Å². The molecule has 36 heavy (non-hydrogen) atoms. The first-order valence-electron chi connectivity index (χ1n) is 12.0. The minimum absolute atomic E-state index is 0.669. The van der Waals surface area contributed by atoms with E-state index in [-0.39, 0.29) is 0 Å². The highest BCUT2D eigenvalue weighted by Gasteiger charge is 2.30. The first kappa shape index (κ1) is 24.3. The molecule has 2 nitrogen and oxygen atoms in total. The van der Waals surface area contributed by atoms with Crippen LogP contribution in [-0.4, -0.2) is 13.0 Å². The van der Waals surface area contributed by atoms with Gasteiger partial charge in [0.25, 0.3) is 0 Å². The summed E-state index contributed by atoms with van der Waals surface area (Å²) in [6.45, 7) is 0. The van der Waals surface area contributed by atoms with E-state index in [1.54, 1.807) is 7.11 Å². The third kappa shape index (κ3) is 5.36. The molecule has 0 aromatic heterocycles. The van der Waals surface area contributed by atoms with Crippen molar-refractivity contribution >= 4 is 41.9 Å². The van der Waals surface area contributed by atoms with Crippen LogP contribution in [0.2, 0.25) is 0 Å². The monoisotopic (exact) mass is 505 g/mol. The van der Waals surface area contributed by atoms with Crippen LogP contribution >= 0.6 is 15.0 Å². The van der Waals surface area contributed by atoms with E-state index in [0.717, 1.165) is 17.3 Å². The Morgan fingerprint density at radius 3 is 1.53 bits per heavy atom. The molecule has 0 spiro atoms. The Kier molecular flexibility index (Phi) is 7.77. The lowest BCUT2D eigenvalue weighted by molar-refractivity contribution is 0.415. The zero-order valence-electron chi connectivity index (χ0n) is 20.3. The molecule has 0 N–H and O–H groups in total. The van der Waals surface area contributed by atoms with Crippen molar-refractivity contribution in [3.05, 3.63) is 146 Å². The fraction of sp³-hybridized carbons (Fsp3) is 0.0625. The van der Waals surface area contributed by atoms with Crippen LogP contribution in [0.3, 0.4) is 0 Å². The van der Waals surface area contributed by atoms with Gasteiger partial charge in [-0.15, -0.1) is 0 Å². The Morgan fingerprint density at radius 2 is 1.06 bits per heavy atom. The Bertz CT molecular complexity index is 1360. The lowest BCUT2D eigenvalue weighted by atomic mass is 10.3. The molecule has 0 radical (unpaired) electrons. The van der Waals surface area contributed by atoms with E-state index in [9.17, 15) is 0 Å². The van der Waals surface area contributed by atoms with Crippen LogP contribution in [0.4, 0.5) is 5.69 Å². The maximum atomic E-state index is 5.68. The van der Waals surface area contributed by atoms with Gasteiger partial charge in [0.2, 0.25) is 0 Å². The quantitative estimate of drug-likeness (QED) is 0.203. The minimum Gasteiger partial charge on any atom is -0.497 e. The summed E-state index contributed by atoms with van der Waals surface area (Å²) in [7, 11) is -1.20. The number of ether oxygens (including phenoxy) is 1. The lowest BCUT2D eigenvalue weighted by Crippen LogP contribution is -2.23. The SMILES string of the molecule is COc1cccc(N=P(CP(c2ccccc2)c2ccccc2)(c2ccccc2)c2ccccc2)c1. The van der Waals surface area contributed by atoms with Gasteiger partial charge in [0.1, 0.15) is 5.75 Å². The number of rotatable bonds is 8. The molecule has 0 saturated carbocycles. The van der Waals surface area contributed by atoms with Crippen LogP contribution in [0.15, 0.2) is 150 Å². The minimum atomic E-state index is -2.24. The molecule has 0 aliphatic carbocycles. The van der Waals surface area contributed by atoms with Gasteiger partial charge in [0.05, 0.1) is 12.8 Å². The van der Waals surface area contributed by atoms with E-state index >= 15 is 0 Å². The maximum Gasteiger partial charge on any atom is 0.121 e. The van der Waals surface area contributed by atoms with Crippen LogP contribution in [0, 0.1) is 0 Å². The molecule has 0 amide bonds. The average molecular weight is 506 g/mol. The smallest absolute Gasteiger partial charge is 0.121 e. The lowest BCUT2D eigenvalue weighted by Gasteiger charge is -2.31. The first-order chi connectivity index (χ1) is 17.8. The Morgan fingerprint density at radius 1 is 0.583 bits per heavy atom. The second-order valence-electron chi connectivity index (χ2n) is 8.48. The third-order valence-electron chi connectivity index (χ3n) is 6.19. The fourth-order valence-electron chi connectivity index (χ4n) is 4.41. The van der Waals surface area contributed by atoms with Crippen LogP contribution in [-0.2, 0) is 0 Å². The number of benzene rings is 5. The van der Waals surface area contributed by atoms with Gasteiger partial charge >= 0.3 is 0 Å². The van der Waals surface area contributed by atoms with Crippen molar-refractivity contribution < 1.29 is 4.74 Å². The van der Waals surface area contributed by atoms with E-state index in [4.69, 9.17) is 9.48 Å². The van der Waals surface area contributed by atoms with E-state index in [1.807, 2.05) is 18.2 Å². The van der Waals surface area contributed by atoms with Crippen molar-refractivity contribution in [3.8, 4) is 5.75 Å². The zero-order chi connectivity index (χ0) is 24.6. The standard InChI is InChI=1S/C32H29NOP2/c1-34-28-16-14-15-27(25-28)33-36(31-21-10-4-11-22-31,32-23-12-5-13-24-32)26-35(29-17-6-2-7-18-29)30-19-8-3-9-20-30/h2-25H,26H2,1H3. The number of hydrogen-bond donors (Lipinski definition) is 0. The van der Waals surface area contributed by atoms with Gasteiger partial charge in [0, 0.05) is 19.0 Å². The van der Waals surface area contributed by atoms with Crippen LogP contribution < -0.4 is 26.0 Å². The van der Waals surface area contributed by atoms with Crippen LogP contribution in [0.1, 0.15) is 0 Å². The summed E-state index contributed by atoms with van der Waals surface area (Å²) in [6, 6.07) is 51.8. The van der Waals surface area contributed by atoms with Crippen molar-refractivity contribution in [2.75, 3.05) is 13.0 Å². The van der Waals surface area contributed by atoms with Crippen molar-refractivity contribution in [2.45, 2.75) is 0 Å². The van der Waals surface area contributed by atoms with Crippen molar-refractivity contribution in [1.29, 1.82) is 0 Å². The molecule has 5 aromatic rings. The van der Waals surface area contributed by atoms with Crippen LogP contribution in [0.25, 0.3) is 0 Å². The Balaban J connectivity index is 1.80. The summed E-state index contributed by atoms with van der Waals surface area (Å²) in [5.74, 6) is 1.77. The highest BCUT2D eigenvalue weighted by atomic mass is 31.2. The molecule has 0 aliphatic heterocycles. The predicted molar refractivity (Wildman–Crippen MR) is 158 cm³/mol. The highest BCUT2D eigenvalue weighted by Crippen LogP contribution is 2.58. The van der Waals surface area contributed by atoms with E-state index in [0.29, 0.717) is 0 Å². The molecule has 0 heterocycles. The van der Waals surface area contributed by atoms with Crippen LogP contribution in [0.5, 0.6) is 5.75 Å². The van der Waals surface area contributed by atoms with Gasteiger partial charge in [-0.1, -0.05) is 127 Å². The molecule has 0 unspecified atom stereocenters. The Hall–Kier alpha value is -3.44. The molecule has 4 heteroatoms. The van der Waals surface area contributed by atoms with E-state index in [2.05, 4.69) is 127 Å². The van der Waals surface area contributed by atoms with Gasteiger partial charge in [-0.3, -0.25) is 4.74 Å². The summed E-state index contributed by atoms with van der Waals surface area (Å²) >= 11 is 0. The number of nitrogens with zero attached hydrogens (tertiary/aromatic N) is 1. The van der Waals surface area contributed by atoms with Gasteiger partial charge < -0.3 is 4.74 Å². The molecule has 5 aromatic carbocycles. The molecular weight excluding hydrogens is 476 g/mol. The van der Waals surface area contributed by atoms with Gasteiger partial charge in [0.15, 0.2) is 0 Å². The zero-order valence-corrected chi connectivity index (χ0v) is 22.1. The predicted octanol–water partition coefficient (Wildman–Crippen LogP) is 7.27. The highest BCUT2D eigenvalue weighted by molar-refractivity contribution is 7.92. The molecular formula is C32H29NOP2. The molecule has 0 fully saturated rings. The third-order valence-corrected chi connectivity index (χ3v) is 13.7. The van der Waals surface area contributed by atoms with Gasteiger partial charge in [-0.25, -0.2) is 0 Å². The summed E-state index contributed by atoms with van der Waals surface area (Å²) in [5, 5.41) is 5.32. The topological polar surface area (TPSA) is 21.6 Å². The van der Waals surface area contributed by atoms with Crippen molar-refractivity contribution in [3.63, 3.8) is 0 Å². The average Bonchev–Trinajstić information content (AvgIpc) is 2.97. The molecule has 0 atom stereocenters. The fourth-order valence-corrected chi connectivity index (χ4v) is 12.7. The number of methoxy groups -OCH3 is 1. The first-order valence-corrected chi connectivity index (χ1v) is 15.5. The molecule has 5 rings (SSSR count). The molecule has 178 valence electrons. The maximum absolute atomic E-state index is 5.68. The second kappa shape index (κ2) is 11.5. The molecule has 0 bridgehead atoms. The van der Waals surface area contributed by atoms with Gasteiger partial charge in [-0.05, 0) is 41.3 Å². The molecule has 0 aliphatic rings. The normalized spacial score (nSPS) is 11.3. The largest absolute Gasteiger partial charge is 0.497 e. The summed E-state index contributed by atoms with van der Waals surface area (Å²) < 4.78 is 11.2. The van der Waals surface area contributed by atoms with Crippen molar-refractivity contribution in [2.24, 2.45) is 4.74 Å². The van der Waals surface area contributed by atoms with Crippen molar-refractivity contribution in [1.82, 2.24) is 0 Å². The van der Waals surface area contributed by atoms with Gasteiger partial charge in [-0.2, -0.15) is 0 Å². The molecule has 0 saturated heterocycles. The summed E-state index contributed by atoms with van der Waals surface area (Å²) in [4.78, 5) is 0.